The van der Waals surface area contributed by atoms with E-state index in [0.29, 0.717) is 5.69 Å². The summed E-state index contributed by atoms with van der Waals surface area (Å²) in [5.41, 5.74) is 2.10. The summed E-state index contributed by atoms with van der Waals surface area (Å²) in [6, 6.07) is 14.1. The van der Waals surface area contributed by atoms with Crippen molar-refractivity contribution in [3.63, 3.8) is 0 Å². The second-order valence-electron chi connectivity index (χ2n) is 4.86. The first-order valence-corrected chi connectivity index (χ1v) is 6.49. The van der Waals surface area contributed by atoms with Crippen molar-refractivity contribution < 1.29 is 13.2 Å². The summed E-state index contributed by atoms with van der Waals surface area (Å²) in [4.78, 5) is 1.95. The van der Waals surface area contributed by atoms with E-state index >= 15 is 0 Å². The highest BCUT2D eigenvalue weighted by Crippen LogP contribution is 2.36. The Morgan fingerprint density at radius 1 is 1.15 bits per heavy atom. The molecule has 0 fully saturated rings. The summed E-state index contributed by atoms with van der Waals surface area (Å²) in [7, 11) is 0. The minimum Gasteiger partial charge on any atom is -0.341 e. The fraction of sp³-hybridized carbons (Fsp3) is 0.250. The molecule has 0 saturated heterocycles. The van der Waals surface area contributed by atoms with Gasteiger partial charge >= 0.3 is 6.18 Å². The zero-order valence-corrected chi connectivity index (χ0v) is 10.7. The third-order valence-electron chi connectivity index (χ3n) is 3.53. The molecule has 0 bridgehead atoms. The molecule has 0 aliphatic carbocycles. The first kappa shape index (κ1) is 13.0. The molecule has 3 rings (SSSR count). The van der Waals surface area contributed by atoms with Crippen molar-refractivity contribution in [3.8, 4) is 0 Å². The molecule has 0 spiro atoms. The summed E-state index contributed by atoms with van der Waals surface area (Å²) in [5, 5.41) is 0. The van der Waals surface area contributed by atoms with E-state index in [4.69, 9.17) is 0 Å². The van der Waals surface area contributed by atoms with Crippen molar-refractivity contribution in [1.82, 2.24) is 0 Å². The monoisotopic (exact) mass is 276 g/mol. The molecule has 0 atom stereocenters. The summed E-state index contributed by atoms with van der Waals surface area (Å²) in [5.74, 6) is 0. The highest BCUT2D eigenvalue weighted by molar-refractivity contribution is 5.68. The average molecular weight is 276 g/mol. The van der Waals surface area contributed by atoms with Gasteiger partial charge in [-0.25, -0.2) is 0 Å². The van der Waals surface area contributed by atoms with Crippen LogP contribution in [0.15, 0.2) is 42.5 Å². The van der Waals surface area contributed by atoms with E-state index in [1.165, 1.54) is 12.1 Å². The third kappa shape index (κ3) is 2.38. The molecule has 2 aromatic rings. The minimum absolute atomic E-state index is 0.590. The van der Waals surface area contributed by atoms with Gasteiger partial charge in [-0.05, 0) is 54.8 Å². The van der Waals surface area contributed by atoms with E-state index in [0.717, 1.165) is 36.7 Å². The Kier molecular flexibility index (Phi) is 3.16. The highest BCUT2D eigenvalue weighted by Gasteiger charge is 2.31. The van der Waals surface area contributed by atoms with Crippen LogP contribution in [0.3, 0.4) is 0 Å². The van der Waals surface area contributed by atoms with Crippen LogP contribution in [-0.4, -0.2) is 6.54 Å². The van der Waals surface area contributed by atoms with Crippen molar-refractivity contribution in [2.45, 2.75) is 19.0 Å². The average Bonchev–Trinajstić information content (AvgIpc) is 2.46. The Bertz CT molecular complexity index is 619. The summed E-state index contributed by atoms with van der Waals surface area (Å²) < 4.78 is 38.4. The normalized spacial score (nSPS) is 15.1. The molecule has 0 unspecified atom stereocenters. The standard InChI is InChI=1S/C16H13F3N/c17-16(18,19)13-7-3-8-14(11-13)20-10-4-6-12-5-1-2-9-15(12)20/h2-3,5,7-9,11H,4,6,10H2. The van der Waals surface area contributed by atoms with E-state index < -0.39 is 11.7 Å². The van der Waals surface area contributed by atoms with Crippen LogP contribution in [0, 0.1) is 6.07 Å². The maximum atomic E-state index is 12.8. The molecule has 1 nitrogen and oxygen atoms in total. The number of benzene rings is 2. The Labute approximate surface area is 115 Å². The third-order valence-corrected chi connectivity index (χ3v) is 3.53. The molecule has 1 heterocycles. The van der Waals surface area contributed by atoms with Crippen LogP contribution in [0.1, 0.15) is 17.5 Å². The van der Waals surface area contributed by atoms with Crippen LogP contribution >= 0.6 is 0 Å². The molecule has 1 radical (unpaired) electrons. The molecule has 2 aromatic carbocycles. The van der Waals surface area contributed by atoms with Crippen molar-refractivity contribution in [1.29, 1.82) is 0 Å². The number of rotatable bonds is 1. The van der Waals surface area contributed by atoms with E-state index in [1.807, 2.05) is 17.0 Å². The lowest BCUT2D eigenvalue weighted by Gasteiger charge is -2.31. The maximum absolute atomic E-state index is 12.8. The van der Waals surface area contributed by atoms with Gasteiger partial charge in [0.2, 0.25) is 0 Å². The van der Waals surface area contributed by atoms with Crippen LogP contribution in [0.5, 0.6) is 0 Å². The molecule has 0 N–H and O–H groups in total. The summed E-state index contributed by atoms with van der Waals surface area (Å²) in [6.45, 7) is 0.734. The molecule has 0 aromatic heterocycles. The Hall–Kier alpha value is -1.97. The fourth-order valence-corrected chi connectivity index (χ4v) is 2.59. The highest BCUT2D eigenvalue weighted by atomic mass is 19.4. The SMILES string of the molecule is FC(F)(F)c1cccc(N2CCCc3c[c]ccc32)c1. The van der Waals surface area contributed by atoms with Gasteiger partial charge < -0.3 is 4.90 Å². The molecule has 103 valence electrons. The van der Waals surface area contributed by atoms with Gasteiger partial charge in [-0.15, -0.1) is 0 Å². The van der Waals surface area contributed by atoms with Gasteiger partial charge in [0.15, 0.2) is 0 Å². The van der Waals surface area contributed by atoms with Crippen LogP contribution in [-0.2, 0) is 12.6 Å². The molecule has 20 heavy (non-hydrogen) atoms. The van der Waals surface area contributed by atoms with Crippen molar-refractivity contribution >= 4 is 11.4 Å². The van der Waals surface area contributed by atoms with Crippen molar-refractivity contribution in [2.24, 2.45) is 0 Å². The predicted octanol–water partition coefficient (Wildman–Crippen LogP) is 4.59. The van der Waals surface area contributed by atoms with Gasteiger partial charge in [0.1, 0.15) is 0 Å². The Morgan fingerprint density at radius 3 is 2.80 bits per heavy atom. The van der Waals surface area contributed by atoms with Gasteiger partial charge in [-0.1, -0.05) is 12.1 Å². The quantitative estimate of drug-likeness (QED) is 0.736. The lowest BCUT2D eigenvalue weighted by molar-refractivity contribution is -0.137. The maximum Gasteiger partial charge on any atom is 0.416 e. The first-order chi connectivity index (χ1) is 9.55. The van der Waals surface area contributed by atoms with Gasteiger partial charge in [0.25, 0.3) is 0 Å². The Balaban J connectivity index is 2.03. The molecule has 0 amide bonds. The largest absolute Gasteiger partial charge is 0.416 e. The number of nitrogens with zero attached hydrogens (tertiary/aromatic N) is 1. The Morgan fingerprint density at radius 2 is 2.00 bits per heavy atom. The zero-order valence-electron chi connectivity index (χ0n) is 10.7. The van der Waals surface area contributed by atoms with Crippen molar-refractivity contribution in [2.75, 3.05) is 11.4 Å². The second-order valence-corrected chi connectivity index (χ2v) is 4.86. The summed E-state index contributed by atoms with van der Waals surface area (Å²) in [6.07, 6.45) is -2.43. The number of hydrogen-bond donors (Lipinski definition) is 0. The predicted molar refractivity (Wildman–Crippen MR) is 72.0 cm³/mol. The topological polar surface area (TPSA) is 3.24 Å². The van der Waals surface area contributed by atoms with Crippen LogP contribution in [0.25, 0.3) is 0 Å². The summed E-state index contributed by atoms with van der Waals surface area (Å²) >= 11 is 0. The molecular formula is C16H13F3N. The van der Waals surface area contributed by atoms with E-state index in [9.17, 15) is 13.2 Å². The molecule has 1 aliphatic rings. The lowest BCUT2D eigenvalue weighted by atomic mass is 10.0. The number of alkyl halides is 3. The minimum atomic E-state index is -4.31. The van der Waals surface area contributed by atoms with Crippen LogP contribution < -0.4 is 4.90 Å². The molecule has 4 heteroatoms. The van der Waals surface area contributed by atoms with Crippen molar-refractivity contribution in [3.05, 3.63) is 59.7 Å². The smallest absolute Gasteiger partial charge is 0.341 e. The van der Waals surface area contributed by atoms with E-state index in [2.05, 4.69) is 6.07 Å². The van der Waals surface area contributed by atoms with Crippen LogP contribution in [0.2, 0.25) is 0 Å². The zero-order chi connectivity index (χ0) is 14.2. The number of hydrogen-bond acceptors (Lipinski definition) is 1. The molecule has 0 saturated carbocycles. The van der Waals surface area contributed by atoms with Gasteiger partial charge in [0, 0.05) is 17.9 Å². The lowest BCUT2D eigenvalue weighted by Crippen LogP contribution is -2.24. The van der Waals surface area contributed by atoms with Gasteiger partial charge in [-0.3, -0.25) is 0 Å². The first-order valence-electron chi connectivity index (χ1n) is 6.49. The second kappa shape index (κ2) is 4.85. The van der Waals surface area contributed by atoms with Gasteiger partial charge in [-0.2, -0.15) is 13.2 Å². The van der Waals surface area contributed by atoms with Crippen LogP contribution in [0.4, 0.5) is 24.5 Å². The molecule has 1 aliphatic heterocycles. The number of halogens is 3. The van der Waals surface area contributed by atoms with E-state index in [1.54, 1.807) is 12.1 Å². The fourth-order valence-electron chi connectivity index (χ4n) is 2.59. The number of aryl methyl sites for hydroxylation is 1. The number of fused-ring (bicyclic) bond motifs is 1. The van der Waals surface area contributed by atoms with Gasteiger partial charge in [0.05, 0.1) is 5.56 Å². The number of anilines is 2. The van der Waals surface area contributed by atoms with E-state index in [-0.39, 0.29) is 0 Å². The molecular weight excluding hydrogens is 263 g/mol.